The highest BCUT2D eigenvalue weighted by Crippen LogP contribution is 2.34. The fraction of sp³-hybridized carbons (Fsp3) is 0.450. The molecule has 1 unspecified atom stereocenters. The van der Waals surface area contributed by atoms with Crippen molar-refractivity contribution < 1.29 is 9.47 Å². The van der Waals surface area contributed by atoms with Crippen LogP contribution in [0.2, 0.25) is 0 Å². The zero-order chi connectivity index (χ0) is 17.1. The Hall–Kier alpha value is -2.11. The van der Waals surface area contributed by atoms with Crippen molar-refractivity contribution in [2.45, 2.75) is 25.5 Å². The van der Waals surface area contributed by atoms with E-state index in [-0.39, 0.29) is 6.10 Å². The quantitative estimate of drug-likeness (QED) is 0.928. The minimum absolute atomic E-state index is 0.100. The summed E-state index contributed by atoms with van der Waals surface area (Å²) >= 11 is 0. The lowest BCUT2D eigenvalue weighted by Gasteiger charge is -2.31. The highest BCUT2D eigenvalue weighted by Gasteiger charge is 2.23. The van der Waals surface area contributed by atoms with Crippen LogP contribution in [0.5, 0.6) is 11.6 Å². The first kappa shape index (κ1) is 16.4. The second kappa shape index (κ2) is 7.42. The van der Waals surface area contributed by atoms with Gasteiger partial charge in [0.25, 0.3) is 5.88 Å². The van der Waals surface area contributed by atoms with E-state index in [4.69, 9.17) is 15.2 Å². The summed E-state index contributed by atoms with van der Waals surface area (Å²) in [6.07, 6.45) is 4.06. The van der Waals surface area contributed by atoms with Gasteiger partial charge in [-0.25, -0.2) is 4.98 Å². The predicted molar refractivity (Wildman–Crippen MR) is 96.6 cm³/mol. The first-order valence-corrected chi connectivity index (χ1v) is 9.07. The minimum atomic E-state index is -0.100. The summed E-state index contributed by atoms with van der Waals surface area (Å²) in [6.45, 7) is 4.63. The smallest absolute Gasteiger partial charge is 0.257 e. The predicted octanol–water partition coefficient (Wildman–Crippen LogP) is 2.76. The van der Waals surface area contributed by atoms with E-state index in [0.717, 1.165) is 37.5 Å². The van der Waals surface area contributed by atoms with Gasteiger partial charge in [-0.05, 0) is 61.7 Å². The molecule has 2 aliphatic rings. The van der Waals surface area contributed by atoms with Gasteiger partial charge in [-0.1, -0.05) is 24.3 Å². The average Bonchev–Trinajstić information content (AvgIpc) is 2.69. The van der Waals surface area contributed by atoms with E-state index in [9.17, 15) is 0 Å². The number of ether oxygens (including phenoxy) is 2. The third-order valence-corrected chi connectivity index (χ3v) is 5.18. The number of pyridine rings is 1. The number of fused-ring (bicyclic) bond motifs is 1. The van der Waals surface area contributed by atoms with Crippen molar-refractivity contribution in [1.82, 2.24) is 9.88 Å². The highest BCUT2D eigenvalue weighted by molar-refractivity contribution is 5.35. The maximum atomic E-state index is 5.97. The second-order valence-corrected chi connectivity index (χ2v) is 6.92. The standard InChI is InChI=1S/C20H25N3O2/c21-12-15-7-10-23(11-8-15)13-16-3-5-17(6-4-16)19-14-24-18-2-1-9-22-20(18)25-19/h1-6,9,15,19H,7-8,10-14,21H2. The molecule has 0 spiro atoms. The molecule has 1 fully saturated rings. The van der Waals surface area contributed by atoms with Crippen molar-refractivity contribution in [2.75, 3.05) is 26.2 Å². The number of rotatable bonds is 4. The van der Waals surface area contributed by atoms with E-state index in [2.05, 4.69) is 34.1 Å². The Bertz CT molecular complexity index is 696. The van der Waals surface area contributed by atoms with Gasteiger partial charge in [-0.2, -0.15) is 0 Å². The number of nitrogens with zero attached hydrogens (tertiary/aromatic N) is 2. The maximum Gasteiger partial charge on any atom is 0.257 e. The highest BCUT2D eigenvalue weighted by atomic mass is 16.6. The SMILES string of the molecule is NCC1CCN(Cc2ccc(C3COc4cccnc4O3)cc2)CC1. The molecular weight excluding hydrogens is 314 g/mol. The maximum absolute atomic E-state index is 5.97. The number of aromatic nitrogens is 1. The zero-order valence-corrected chi connectivity index (χ0v) is 14.4. The molecule has 1 aromatic heterocycles. The fourth-order valence-electron chi connectivity index (χ4n) is 3.55. The number of hydrogen-bond donors (Lipinski definition) is 1. The van der Waals surface area contributed by atoms with Crippen molar-refractivity contribution in [2.24, 2.45) is 11.7 Å². The van der Waals surface area contributed by atoms with Gasteiger partial charge in [0.15, 0.2) is 11.9 Å². The number of piperidine rings is 1. The van der Waals surface area contributed by atoms with Crippen LogP contribution in [-0.2, 0) is 6.54 Å². The normalized spacial score (nSPS) is 21.2. The van der Waals surface area contributed by atoms with Crippen LogP contribution in [0.25, 0.3) is 0 Å². The first-order valence-electron chi connectivity index (χ1n) is 9.07. The van der Waals surface area contributed by atoms with Crippen LogP contribution in [0.3, 0.4) is 0 Å². The van der Waals surface area contributed by atoms with Crippen LogP contribution in [0.4, 0.5) is 0 Å². The average molecular weight is 339 g/mol. The van der Waals surface area contributed by atoms with E-state index in [1.54, 1.807) is 6.20 Å². The molecule has 2 aromatic rings. The molecule has 0 amide bonds. The minimum Gasteiger partial charge on any atom is -0.484 e. The molecule has 132 valence electrons. The molecule has 0 saturated carbocycles. The molecule has 1 aromatic carbocycles. The van der Waals surface area contributed by atoms with Gasteiger partial charge >= 0.3 is 0 Å². The summed E-state index contributed by atoms with van der Waals surface area (Å²) in [5.74, 6) is 2.00. The summed E-state index contributed by atoms with van der Waals surface area (Å²) in [6, 6.07) is 12.4. The van der Waals surface area contributed by atoms with Crippen LogP contribution in [0, 0.1) is 5.92 Å². The largest absolute Gasteiger partial charge is 0.484 e. The Labute approximate surface area is 148 Å². The van der Waals surface area contributed by atoms with Crippen LogP contribution < -0.4 is 15.2 Å². The van der Waals surface area contributed by atoms with Crippen molar-refractivity contribution in [3.05, 3.63) is 53.7 Å². The topological polar surface area (TPSA) is 60.6 Å². The molecule has 5 nitrogen and oxygen atoms in total. The van der Waals surface area contributed by atoms with Crippen molar-refractivity contribution in [1.29, 1.82) is 0 Å². The van der Waals surface area contributed by atoms with Crippen LogP contribution >= 0.6 is 0 Å². The van der Waals surface area contributed by atoms with Gasteiger partial charge in [0.05, 0.1) is 0 Å². The summed E-state index contributed by atoms with van der Waals surface area (Å²) in [5.41, 5.74) is 8.24. The molecule has 3 heterocycles. The van der Waals surface area contributed by atoms with Crippen molar-refractivity contribution in [3.8, 4) is 11.6 Å². The lowest BCUT2D eigenvalue weighted by molar-refractivity contribution is 0.0850. The molecule has 5 heteroatoms. The Morgan fingerprint density at radius 1 is 1.12 bits per heavy atom. The molecule has 2 N–H and O–H groups in total. The molecule has 2 aliphatic heterocycles. The van der Waals surface area contributed by atoms with Gasteiger partial charge in [-0.15, -0.1) is 0 Å². The number of hydrogen-bond acceptors (Lipinski definition) is 5. The lowest BCUT2D eigenvalue weighted by Crippen LogP contribution is -2.35. The van der Waals surface area contributed by atoms with Gasteiger partial charge < -0.3 is 15.2 Å². The second-order valence-electron chi connectivity index (χ2n) is 6.92. The fourth-order valence-corrected chi connectivity index (χ4v) is 3.55. The monoisotopic (exact) mass is 339 g/mol. The Kier molecular flexibility index (Phi) is 4.85. The lowest BCUT2D eigenvalue weighted by atomic mass is 9.96. The molecule has 1 atom stereocenters. The molecule has 0 bridgehead atoms. The molecule has 4 rings (SSSR count). The van der Waals surface area contributed by atoms with E-state index < -0.39 is 0 Å². The van der Waals surface area contributed by atoms with Crippen LogP contribution in [0.1, 0.15) is 30.1 Å². The third-order valence-electron chi connectivity index (χ3n) is 5.18. The van der Waals surface area contributed by atoms with Gasteiger partial charge in [-0.3, -0.25) is 4.90 Å². The van der Waals surface area contributed by atoms with E-state index in [0.29, 0.717) is 18.4 Å². The summed E-state index contributed by atoms with van der Waals surface area (Å²) in [4.78, 5) is 6.76. The number of likely N-dealkylation sites (tertiary alicyclic amines) is 1. The van der Waals surface area contributed by atoms with Gasteiger partial charge in [0.2, 0.25) is 0 Å². The van der Waals surface area contributed by atoms with Gasteiger partial charge in [0, 0.05) is 12.7 Å². The third kappa shape index (κ3) is 3.78. The molecule has 0 radical (unpaired) electrons. The van der Waals surface area contributed by atoms with E-state index in [1.165, 1.54) is 18.4 Å². The van der Waals surface area contributed by atoms with Crippen molar-refractivity contribution in [3.63, 3.8) is 0 Å². The molecular formula is C20H25N3O2. The van der Waals surface area contributed by atoms with Gasteiger partial charge in [0.1, 0.15) is 6.61 Å². The summed E-state index contributed by atoms with van der Waals surface area (Å²) in [7, 11) is 0. The molecule has 25 heavy (non-hydrogen) atoms. The van der Waals surface area contributed by atoms with Crippen LogP contribution in [0.15, 0.2) is 42.6 Å². The Morgan fingerprint density at radius 2 is 1.92 bits per heavy atom. The summed E-state index contributed by atoms with van der Waals surface area (Å²) < 4.78 is 11.7. The Balaban J connectivity index is 1.36. The Morgan fingerprint density at radius 3 is 2.68 bits per heavy atom. The van der Waals surface area contributed by atoms with Crippen LogP contribution in [-0.4, -0.2) is 36.1 Å². The van der Waals surface area contributed by atoms with E-state index in [1.807, 2.05) is 12.1 Å². The first-order chi connectivity index (χ1) is 12.3. The molecule has 1 saturated heterocycles. The summed E-state index contributed by atoms with van der Waals surface area (Å²) in [5, 5.41) is 0. The van der Waals surface area contributed by atoms with Crippen molar-refractivity contribution >= 4 is 0 Å². The molecule has 0 aliphatic carbocycles. The number of benzene rings is 1. The van der Waals surface area contributed by atoms with E-state index >= 15 is 0 Å². The zero-order valence-electron chi connectivity index (χ0n) is 14.4. The number of nitrogens with two attached hydrogens (primary N) is 1.